The van der Waals surface area contributed by atoms with Crippen molar-refractivity contribution < 1.29 is 29.0 Å². The number of ketones is 1. The molecular weight excluding hydrogens is 446 g/mol. The number of anilines is 1. The molecule has 1 amide bonds. The number of carbonyl (C=O) groups excluding carboxylic acids is 2. The summed E-state index contributed by atoms with van der Waals surface area (Å²) in [6, 6.07) is 14.4. The fourth-order valence-corrected chi connectivity index (χ4v) is 4.25. The Morgan fingerprint density at radius 3 is 2.29 bits per heavy atom. The van der Waals surface area contributed by atoms with Crippen LogP contribution in [0.3, 0.4) is 0 Å². The molecule has 1 unspecified atom stereocenters. The minimum Gasteiger partial charge on any atom is -0.507 e. The molecule has 2 N–H and O–H groups in total. The zero-order valence-corrected chi connectivity index (χ0v) is 20.0. The van der Waals surface area contributed by atoms with E-state index in [0.29, 0.717) is 22.6 Å². The number of furan rings is 1. The number of aliphatic carboxylic acids is 1. The molecule has 180 valence electrons. The molecule has 7 nitrogen and oxygen atoms in total. The molecule has 1 atom stereocenters. The van der Waals surface area contributed by atoms with Crippen LogP contribution in [0.5, 0.6) is 0 Å². The number of rotatable bonds is 5. The van der Waals surface area contributed by atoms with Gasteiger partial charge in [0.2, 0.25) is 0 Å². The number of amides is 1. The first-order chi connectivity index (χ1) is 16.5. The Morgan fingerprint density at radius 1 is 1.03 bits per heavy atom. The van der Waals surface area contributed by atoms with E-state index in [0.717, 1.165) is 11.1 Å². The summed E-state index contributed by atoms with van der Waals surface area (Å²) in [4.78, 5) is 38.8. The van der Waals surface area contributed by atoms with Crippen molar-refractivity contribution in [3.05, 3.63) is 94.4 Å². The summed E-state index contributed by atoms with van der Waals surface area (Å²) in [5, 5.41) is 20.5. The van der Waals surface area contributed by atoms with Crippen LogP contribution in [0.1, 0.15) is 54.8 Å². The van der Waals surface area contributed by atoms with Gasteiger partial charge in [-0.2, -0.15) is 0 Å². The molecule has 7 heteroatoms. The minimum atomic E-state index is -0.979. The number of benzene rings is 2. The smallest absolute Gasteiger partial charge is 0.307 e. The van der Waals surface area contributed by atoms with E-state index in [9.17, 15) is 19.5 Å². The summed E-state index contributed by atoms with van der Waals surface area (Å²) >= 11 is 0. The van der Waals surface area contributed by atoms with Crippen molar-refractivity contribution in [2.24, 2.45) is 0 Å². The molecule has 35 heavy (non-hydrogen) atoms. The standard InChI is InChI=1S/C28H27NO6/c1-16-7-10-18(28(2,3)4)15-20(16)25(32)23-24(21-6-5-13-35-21)29(27(34)26(23)33)19-11-8-17(9-12-19)14-22(30)31/h5-13,15,24,32H,14H2,1-4H3,(H,30,31)/b25-23+. The minimum absolute atomic E-state index is 0.0614. The summed E-state index contributed by atoms with van der Waals surface area (Å²) in [6.07, 6.45) is 1.28. The third-order valence-corrected chi connectivity index (χ3v) is 6.19. The Hall–Kier alpha value is -4.13. The molecule has 0 bridgehead atoms. The normalized spacial score (nSPS) is 17.7. The van der Waals surface area contributed by atoms with Gasteiger partial charge in [-0.25, -0.2) is 0 Å². The highest BCUT2D eigenvalue weighted by Crippen LogP contribution is 2.43. The average Bonchev–Trinajstić information content (AvgIpc) is 3.40. The van der Waals surface area contributed by atoms with Gasteiger partial charge < -0.3 is 14.6 Å². The van der Waals surface area contributed by atoms with E-state index in [1.54, 1.807) is 36.4 Å². The maximum absolute atomic E-state index is 13.3. The summed E-state index contributed by atoms with van der Waals surface area (Å²) in [5.41, 5.74) is 2.91. The third-order valence-electron chi connectivity index (χ3n) is 6.19. The molecule has 1 fully saturated rings. The number of carbonyl (C=O) groups is 3. The van der Waals surface area contributed by atoms with Gasteiger partial charge in [-0.1, -0.05) is 45.0 Å². The van der Waals surface area contributed by atoms with E-state index < -0.39 is 23.7 Å². The van der Waals surface area contributed by atoms with Crippen LogP contribution in [0.25, 0.3) is 5.76 Å². The number of hydrogen-bond donors (Lipinski definition) is 2. The summed E-state index contributed by atoms with van der Waals surface area (Å²) < 4.78 is 5.60. The highest BCUT2D eigenvalue weighted by Gasteiger charge is 2.48. The molecule has 0 radical (unpaired) electrons. The molecule has 1 saturated heterocycles. The number of hydrogen-bond acceptors (Lipinski definition) is 5. The summed E-state index contributed by atoms with van der Waals surface area (Å²) in [6.45, 7) is 7.99. The van der Waals surface area contributed by atoms with Gasteiger partial charge in [0, 0.05) is 11.3 Å². The van der Waals surface area contributed by atoms with Gasteiger partial charge >= 0.3 is 5.97 Å². The first kappa shape index (κ1) is 24.0. The van der Waals surface area contributed by atoms with Crippen molar-refractivity contribution in [2.75, 3.05) is 4.90 Å². The number of Topliss-reactive ketones (excluding diaryl/α,β-unsaturated/α-hetero) is 1. The van der Waals surface area contributed by atoms with Crippen LogP contribution in [-0.4, -0.2) is 27.9 Å². The van der Waals surface area contributed by atoms with Crippen molar-refractivity contribution in [3.8, 4) is 0 Å². The van der Waals surface area contributed by atoms with Crippen molar-refractivity contribution in [1.29, 1.82) is 0 Å². The van der Waals surface area contributed by atoms with Crippen LogP contribution in [0.15, 0.2) is 70.9 Å². The molecule has 3 aromatic rings. The predicted molar refractivity (Wildman–Crippen MR) is 131 cm³/mol. The molecule has 0 spiro atoms. The van der Waals surface area contributed by atoms with Gasteiger partial charge in [0.1, 0.15) is 17.6 Å². The second kappa shape index (κ2) is 8.91. The van der Waals surface area contributed by atoms with Gasteiger partial charge in [0.05, 0.1) is 18.3 Å². The molecule has 2 aromatic carbocycles. The van der Waals surface area contributed by atoms with Gasteiger partial charge in [-0.05, 0) is 59.4 Å². The second-order valence-electron chi connectivity index (χ2n) is 9.70. The van der Waals surface area contributed by atoms with E-state index in [-0.39, 0.29) is 23.2 Å². The largest absolute Gasteiger partial charge is 0.507 e. The first-order valence-corrected chi connectivity index (χ1v) is 11.3. The first-order valence-electron chi connectivity index (χ1n) is 11.3. The number of aliphatic hydroxyl groups excluding tert-OH is 1. The van der Waals surface area contributed by atoms with Gasteiger partial charge in [0.25, 0.3) is 11.7 Å². The lowest BCUT2D eigenvalue weighted by Gasteiger charge is -2.24. The molecule has 1 aliphatic rings. The molecule has 1 aliphatic heterocycles. The quantitative estimate of drug-likeness (QED) is 0.302. The number of carboxylic acid groups (broad SMARTS) is 1. The van der Waals surface area contributed by atoms with E-state index in [1.807, 2.05) is 25.1 Å². The third kappa shape index (κ3) is 4.49. The topological polar surface area (TPSA) is 108 Å². The number of aryl methyl sites for hydroxylation is 1. The van der Waals surface area contributed by atoms with Crippen LogP contribution >= 0.6 is 0 Å². The summed E-state index contributed by atoms with van der Waals surface area (Å²) in [5.74, 6) is -2.53. The Balaban J connectivity index is 1.88. The van der Waals surface area contributed by atoms with Gasteiger partial charge in [0.15, 0.2) is 0 Å². The van der Waals surface area contributed by atoms with Crippen molar-refractivity contribution in [3.63, 3.8) is 0 Å². The molecule has 2 heterocycles. The van der Waals surface area contributed by atoms with E-state index in [2.05, 4.69) is 20.8 Å². The molecule has 1 aromatic heterocycles. The van der Waals surface area contributed by atoms with E-state index >= 15 is 0 Å². The van der Waals surface area contributed by atoms with Crippen LogP contribution in [0, 0.1) is 6.92 Å². The lowest BCUT2D eigenvalue weighted by atomic mass is 9.84. The van der Waals surface area contributed by atoms with Crippen LogP contribution in [0.4, 0.5) is 5.69 Å². The highest BCUT2D eigenvalue weighted by atomic mass is 16.4. The molecule has 4 rings (SSSR count). The van der Waals surface area contributed by atoms with Crippen LogP contribution in [-0.2, 0) is 26.2 Å². The fraction of sp³-hybridized carbons (Fsp3) is 0.250. The zero-order valence-electron chi connectivity index (χ0n) is 20.0. The Kier molecular flexibility index (Phi) is 6.11. The number of aliphatic hydroxyl groups is 1. The SMILES string of the molecule is Cc1ccc(C(C)(C)C)cc1/C(O)=C1\C(=O)C(=O)N(c2ccc(CC(=O)O)cc2)C1c1ccco1. The lowest BCUT2D eigenvalue weighted by molar-refractivity contribution is -0.136. The molecular formula is C28H27NO6. The van der Waals surface area contributed by atoms with Crippen molar-refractivity contribution in [2.45, 2.75) is 45.6 Å². The maximum Gasteiger partial charge on any atom is 0.307 e. The number of carboxylic acids is 1. The van der Waals surface area contributed by atoms with Crippen molar-refractivity contribution in [1.82, 2.24) is 0 Å². The van der Waals surface area contributed by atoms with Crippen molar-refractivity contribution >= 4 is 29.1 Å². The van der Waals surface area contributed by atoms with Crippen LogP contribution < -0.4 is 4.90 Å². The average molecular weight is 474 g/mol. The Bertz CT molecular complexity index is 1330. The Labute approximate surface area is 203 Å². The fourth-order valence-electron chi connectivity index (χ4n) is 4.25. The van der Waals surface area contributed by atoms with Crippen LogP contribution in [0.2, 0.25) is 0 Å². The highest BCUT2D eigenvalue weighted by molar-refractivity contribution is 6.51. The number of nitrogens with zero attached hydrogens (tertiary/aromatic N) is 1. The monoisotopic (exact) mass is 473 g/mol. The Morgan fingerprint density at radius 2 is 1.71 bits per heavy atom. The summed E-state index contributed by atoms with van der Waals surface area (Å²) in [7, 11) is 0. The molecule has 0 saturated carbocycles. The second-order valence-corrected chi connectivity index (χ2v) is 9.70. The lowest BCUT2D eigenvalue weighted by Crippen LogP contribution is -2.29. The maximum atomic E-state index is 13.3. The molecule has 0 aliphatic carbocycles. The zero-order chi connectivity index (χ0) is 25.5. The van der Waals surface area contributed by atoms with Gasteiger partial charge in [-0.3, -0.25) is 19.3 Å². The predicted octanol–water partition coefficient (Wildman–Crippen LogP) is 5.14. The van der Waals surface area contributed by atoms with Gasteiger partial charge in [-0.15, -0.1) is 0 Å². The van der Waals surface area contributed by atoms with E-state index in [1.165, 1.54) is 11.2 Å². The van der Waals surface area contributed by atoms with E-state index in [4.69, 9.17) is 9.52 Å².